The lowest BCUT2D eigenvalue weighted by atomic mass is 9.59. The van der Waals surface area contributed by atoms with Crippen molar-refractivity contribution in [3.8, 4) is 11.5 Å². The van der Waals surface area contributed by atoms with Crippen LogP contribution in [0, 0.1) is 31.4 Å². The third kappa shape index (κ3) is 4.18. The number of hydrogen-bond donors (Lipinski definition) is 1. The number of halogens is 2. The predicted octanol–water partition coefficient (Wildman–Crippen LogP) is 4.88. The molecule has 1 N–H and O–H groups in total. The third-order valence-electron chi connectivity index (χ3n) is 8.25. The summed E-state index contributed by atoms with van der Waals surface area (Å²) in [4.78, 5) is 65.9. The number of amides is 2. The van der Waals surface area contributed by atoms with Gasteiger partial charge in [0.05, 0.1) is 37.6 Å². The third-order valence-corrected chi connectivity index (χ3v) is 9.67. The monoisotopic (exact) mass is 730 g/mol. The van der Waals surface area contributed by atoms with E-state index in [0.717, 1.165) is 10.5 Å². The fourth-order valence-corrected chi connectivity index (χ4v) is 7.55. The van der Waals surface area contributed by atoms with Gasteiger partial charge >= 0.3 is 0 Å². The van der Waals surface area contributed by atoms with Crippen LogP contribution in [0.2, 0.25) is 0 Å². The van der Waals surface area contributed by atoms with Crippen molar-refractivity contribution in [1.29, 1.82) is 0 Å². The van der Waals surface area contributed by atoms with Gasteiger partial charge in [-0.3, -0.25) is 34.2 Å². The normalized spacial score (nSPS) is 25.4. The number of carbonyl (C=O) groups excluding carboxylic acids is 4. The van der Waals surface area contributed by atoms with Gasteiger partial charge in [0.15, 0.2) is 23.1 Å². The number of ether oxygens (including phenoxy) is 1. The number of fused-ring (bicyclic) bond motifs is 3. The van der Waals surface area contributed by atoms with Gasteiger partial charge in [0.1, 0.15) is 0 Å². The number of anilines is 1. The lowest BCUT2D eigenvalue weighted by molar-refractivity contribution is -0.384. The first-order chi connectivity index (χ1) is 19.5. The van der Waals surface area contributed by atoms with Crippen molar-refractivity contribution in [1.82, 2.24) is 0 Å². The summed E-state index contributed by atoms with van der Waals surface area (Å²) in [6.45, 7) is 0. The number of hydrogen-bond acceptors (Lipinski definition) is 8. The summed E-state index contributed by atoms with van der Waals surface area (Å²) < 4.78 is 5.98. The SMILES string of the molecule is COc1cc(C2C3=CCC4C(=O)N(c5ccc([N+](=O)[O-])cc5)C(=O)C4C3CC3=C2C(=O)C=C(Br)C3=O)cc(I)c1O. The van der Waals surface area contributed by atoms with Crippen LogP contribution in [0.5, 0.6) is 11.5 Å². The molecule has 1 heterocycles. The van der Waals surface area contributed by atoms with Gasteiger partial charge in [-0.2, -0.15) is 0 Å². The van der Waals surface area contributed by atoms with Crippen molar-refractivity contribution >= 4 is 73.3 Å². The Balaban J connectivity index is 1.48. The summed E-state index contributed by atoms with van der Waals surface area (Å²) >= 11 is 5.17. The summed E-state index contributed by atoms with van der Waals surface area (Å²) in [6.07, 6.45) is 3.50. The number of ketones is 2. The van der Waals surface area contributed by atoms with Gasteiger partial charge in [-0.25, -0.2) is 0 Å². The van der Waals surface area contributed by atoms with Crippen LogP contribution in [-0.4, -0.2) is 40.5 Å². The van der Waals surface area contributed by atoms with E-state index in [0.29, 0.717) is 14.7 Å². The molecule has 41 heavy (non-hydrogen) atoms. The average Bonchev–Trinajstić information content (AvgIpc) is 3.21. The Morgan fingerprint density at radius 1 is 1.10 bits per heavy atom. The Labute approximate surface area is 255 Å². The average molecular weight is 731 g/mol. The van der Waals surface area contributed by atoms with Crippen LogP contribution in [0.3, 0.4) is 0 Å². The Kier molecular flexibility index (Phi) is 6.72. The minimum atomic E-state index is -0.792. The van der Waals surface area contributed by atoms with Gasteiger partial charge in [0.25, 0.3) is 5.69 Å². The fraction of sp³-hybridized carbons (Fsp3) is 0.241. The summed E-state index contributed by atoms with van der Waals surface area (Å²) in [5.74, 6) is -4.12. The Bertz CT molecular complexity index is 1690. The highest BCUT2D eigenvalue weighted by Crippen LogP contribution is 2.56. The molecule has 3 aliphatic carbocycles. The van der Waals surface area contributed by atoms with Gasteiger partial charge < -0.3 is 9.84 Å². The van der Waals surface area contributed by atoms with Gasteiger partial charge in [-0.05, 0) is 87.1 Å². The molecule has 4 unspecified atom stereocenters. The number of benzene rings is 2. The van der Waals surface area contributed by atoms with Gasteiger partial charge in [-0.15, -0.1) is 0 Å². The zero-order valence-corrected chi connectivity index (χ0v) is 25.0. The number of aromatic hydroxyl groups is 1. The van der Waals surface area contributed by atoms with E-state index in [1.54, 1.807) is 12.1 Å². The molecular formula is C29H20BrIN2O8. The number of phenolic OH excluding ortho intramolecular Hbond substituents is 1. The molecule has 1 saturated heterocycles. The number of nitro benzene ring substituents is 1. The van der Waals surface area contributed by atoms with Crippen LogP contribution in [-0.2, 0) is 19.2 Å². The standard InChI is InChI=1S/C29H20BrIN2O8/c1-41-22-9-12(8-20(31)27(22)36)23-15-6-7-16-24(17(15)10-18-25(23)21(34)11-19(30)26(18)35)29(38)32(28(16)37)13-2-4-14(5-3-13)33(39)40/h2-6,8-9,11,16-17,23-24,36H,7,10H2,1H3. The molecule has 2 aromatic rings. The highest BCUT2D eigenvalue weighted by molar-refractivity contribution is 14.1. The van der Waals surface area contributed by atoms with Gasteiger partial charge in [-0.1, -0.05) is 11.6 Å². The highest BCUT2D eigenvalue weighted by Gasteiger charge is 2.56. The minimum absolute atomic E-state index is 0.0555. The first-order valence-corrected chi connectivity index (χ1v) is 14.5. The molecular weight excluding hydrogens is 711 g/mol. The smallest absolute Gasteiger partial charge is 0.269 e. The van der Waals surface area contributed by atoms with Crippen LogP contribution in [0.4, 0.5) is 11.4 Å². The summed E-state index contributed by atoms with van der Waals surface area (Å²) in [5.41, 5.74) is 2.04. The molecule has 1 aliphatic heterocycles. The van der Waals surface area contributed by atoms with E-state index >= 15 is 0 Å². The molecule has 0 spiro atoms. The van der Waals surface area contributed by atoms with Gasteiger partial charge in [0, 0.05) is 35.3 Å². The molecule has 12 heteroatoms. The Morgan fingerprint density at radius 3 is 2.46 bits per heavy atom. The second-order valence-corrected chi connectivity index (χ2v) is 12.2. The van der Waals surface area contributed by atoms with E-state index in [9.17, 15) is 34.4 Å². The number of rotatable bonds is 4. The Morgan fingerprint density at radius 2 is 1.80 bits per heavy atom. The van der Waals surface area contributed by atoms with E-state index in [4.69, 9.17) is 4.74 Å². The highest BCUT2D eigenvalue weighted by atomic mass is 127. The predicted molar refractivity (Wildman–Crippen MR) is 158 cm³/mol. The first-order valence-electron chi connectivity index (χ1n) is 12.6. The van der Waals surface area contributed by atoms with E-state index in [1.165, 1.54) is 37.5 Å². The minimum Gasteiger partial charge on any atom is -0.504 e. The van der Waals surface area contributed by atoms with Crippen molar-refractivity contribution in [3.63, 3.8) is 0 Å². The van der Waals surface area contributed by atoms with Gasteiger partial charge in [0.2, 0.25) is 11.8 Å². The van der Waals surface area contributed by atoms with Crippen LogP contribution in [0.15, 0.2) is 69.8 Å². The molecule has 1 fully saturated rings. The van der Waals surface area contributed by atoms with Crippen LogP contribution < -0.4 is 9.64 Å². The number of carbonyl (C=O) groups is 4. The maximum absolute atomic E-state index is 13.9. The van der Waals surface area contributed by atoms with E-state index in [2.05, 4.69) is 15.9 Å². The fourth-order valence-electron chi connectivity index (χ4n) is 6.48. The van der Waals surface area contributed by atoms with E-state index < -0.39 is 40.4 Å². The second-order valence-electron chi connectivity index (χ2n) is 10.2. The molecule has 2 aromatic carbocycles. The van der Waals surface area contributed by atoms with E-state index in [1.807, 2.05) is 28.7 Å². The molecule has 4 aliphatic rings. The molecule has 0 saturated carbocycles. The first kappa shape index (κ1) is 27.5. The molecule has 0 bridgehead atoms. The molecule has 4 atom stereocenters. The number of nitrogens with zero attached hydrogens (tertiary/aromatic N) is 2. The number of methoxy groups -OCH3 is 1. The maximum atomic E-state index is 13.9. The number of non-ortho nitro benzene ring substituents is 1. The lowest BCUT2D eigenvalue weighted by Gasteiger charge is -2.42. The zero-order valence-electron chi connectivity index (χ0n) is 21.3. The number of Topliss-reactive ketones (excluding diaryl/α,β-unsaturated/α-hetero) is 1. The molecule has 2 amide bonds. The lowest BCUT2D eigenvalue weighted by Crippen LogP contribution is -2.39. The van der Waals surface area contributed by atoms with Crippen LogP contribution >= 0.6 is 38.5 Å². The van der Waals surface area contributed by atoms with Crippen molar-refractivity contribution in [2.45, 2.75) is 18.8 Å². The molecule has 10 nitrogen and oxygen atoms in total. The Hall–Kier alpha value is -3.65. The van der Waals surface area contributed by atoms with Crippen molar-refractivity contribution < 1.29 is 33.9 Å². The largest absolute Gasteiger partial charge is 0.504 e. The maximum Gasteiger partial charge on any atom is 0.269 e. The zero-order chi connectivity index (χ0) is 29.3. The van der Waals surface area contributed by atoms with Crippen molar-refractivity contribution in [2.24, 2.45) is 17.8 Å². The number of imide groups is 1. The summed E-state index contributed by atoms with van der Waals surface area (Å²) in [7, 11) is 1.42. The van der Waals surface area contributed by atoms with Crippen LogP contribution in [0.1, 0.15) is 24.3 Å². The number of phenols is 1. The number of allylic oxidation sites excluding steroid dienone is 6. The van der Waals surface area contributed by atoms with Crippen molar-refractivity contribution in [2.75, 3.05) is 12.0 Å². The molecule has 6 rings (SSSR count). The molecule has 208 valence electrons. The molecule has 0 aromatic heterocycles. The van der Waals surface area contributed by atoms with E-state index in [-0.39, 0.29) is 57.3 Å². The topological polar surface area (TPSA) is 144 Å². The number of nitro groups is 1. The van der Waals surface area contributed by atoms with Crippen LogP contribution in [0.25, 0.3) is 0 Å². The van der Waals surface area contributed by atoms with Crippen molar-refractivity contribution in [3.05, 3.63) is 89.0 Å². The summed E-state index contributed by atoms with van der Waals surface area (Å²) in [6, 6.07) is 8.58. The quantitative estimate of drug-likeness (QED) is 0.117. The molecule has 0 radical (unpaired) electrons. The summed E-state index contributed by atoms with van der Waals surface area (Å²) in [5, 5.41) is 21.6. The second kappa shape index (κ2) is 10.0.